The molecular formula is C19H25N5O. The van der Waals surface area contributed by atoms with Crippen molar-refractivity contribution >= 4 is 11.6 Å². The van der Waals surface area contributed by atoms with Crippen LogP contribution in [0.25, 0.3) is 0 Å². The summed E-state index contributed by atoms with van der Waals surface area (Å²) in [5.74, 6) is -0.169. The maximum Gasteiger partial charge on any atom is 0.270 e. The summed E-state index contributed by atoms with van der Waals surface area (Å²) in [6.45, 7) is 2.56. The first-order chi connectivity index (χ1) is 12.1. The van der Waals surface area contributed by atoms with Crippen molar-refractivity contribution in [2.75, 3.05) is 32.1 Å². The summed E-state index contributed by atoms with van der Waals surface area (Å²) in [5.41, 5.74) is 2.42. The number of carbonyl (C=O) groups excluding carboxylic acids is 1. The summed E-state index contributed by atoms with van der Waals surface area (Å²) < 4.78 is 0. The molecule has 6 nitrogen and oxygen atoms in total. The zero-order valence-corrected chi connectivity index (χ0v) is 14.9. The fourth-order valence-electron chi connectivity index (χ4n) is 3.19. The number of nitrogens with one attached hydrogen (secondary N) is 1. The second-order valence-corrected chi connectivity index (χ2v) is 6.60. The van der Waals surface area contributed by atoms with Crippen LogP contribution in [0.1, 0.15) is 28.9 Å². The summed E-state index contributed by atoms with van der Waals surface area (Å²) in [7, 11) is 4.24. The van der Waals surface area contributed by atoms with Crippen LogP contribution in [-0.2, 0) is 6.54 Å². The Kier molecular flexibility index (Phi) is 5.60. The van der Waals surface area contributed by atoms with E-state index in [2.05, 4.69) is 39.2 Å². The molecule has 2 aromatic rings. The smallest absolute Gasteiger partial charge is 0.270 e. The van der Waals surface area contributed by atoms with Crippen LogP contribution < -0.4 is 10.2 Å². The molecule has 3 heterocycles. The lowest BCUT2D eigenvalue weighted by molar-refractivity contribution is 0.0946. The number of hydrogen-bond donors (Lipinski definition) is 1. The number of pyridine rings is 2. The summed E-state index contributed by atoms with van der Waals surface area (Å²) in [6, 6.07) is 8.17. The molecule has 0 aromatic carbocycles. The molecule has 132 valence electrons. The van der Waals surface area contributed by atoms with E-state index in [0.717, 1.165) is 24.3 Å². The number of likely N-dealkylation sites (N-methyl/N-ethyl adjacent to an activating group) is 2. The first kappa shape index (κ1) is 17.4. The predicted molar refractivity (Wildman–Crippen MR) is 98.6 cm³/mol. The Bertz CT molecular complexity index is 706. The minimum absolute atomic E-state index is 0.169. The molecule has 0 saturated carbocycles. The van der Waals surface area contributed by atoms with Gasteiger partial charge in [-0.15, -0.1) is 0 Å². The molecule has 1 aliphatic heterocycles. The van der Waals surface area contributed by atoms with Crippen molar-refractivity contribution in [2.45, 2.75) is 25.4 Å². The number of likely N-dealkylation sites (tertiary alicyclic amines) is 1. The van der Waals surface area contributed by atoms with E-state index in [1.54, 1.807) is 18.6 Å². The third kappa shape index (κ3) is 4.54. The van der Waals surface area contributed by atoms with Gasteiger partial charge in [0.05, 0.1) is 0 Å². The van der Waals surface area contributed by atoms with Crippen molar-refractivity contribution in [2.24, 2.45) is 0 Å². The molecule has 0 radical (unpaired) electrons. The van der Waals surface area contributed by atoms with Gasteiger partial charge in [0.25, 0.3) is 5.91 Å². The van der Waals surface area contributed by atoms with Crippen molar-refractivity contribution < 1.29 is 4.79 Å². The quantitative estimate of drug-likeness (QED) is 0.871. The van der Waals surface area contributed by atoms with Crippen molar-refractivity contribution in [1.29, 1.82) is 0 Å². The van der Waals surface area contributed by atoms with Gasteiger partial charge >= 0.3 is 0 Å². The Balaban J connectivity index is 1.61. The highest BCUT2D eigenvalue weighted by molar-refractivity contribution is 5.93. The highest BCUT2D eigenvalue weighted by Crippen LogP contribution is 2.19. The van der Waals surface area contributed by atoms with E-state index in [1.807, 2.05) is 24.3 Å². The van der Waals surface area contributed by atoms with E-state index in [9.17, 15) is 4.79 Å². The lowest BCUT2D eigenvalue weighted by Gasteiger charge is -2.27. The van der Waals surface area contributed by atoms with Crippen LogP contribution in [0.4, 0.5) is 5.69 Å². The lowest BCUT2D eigenvalue weighted by atomic mass is 10.2. The molecule has 1 fully saturated rings. The molecule has 2 aromatic heterocycles. The molecule has 6 heteroatoms. The van der Waals surface area contributed by atoms with Crippen molar-refractivity contribution in [3.63, 3.8) is 0 Å². The molecule has 1 aliphatic rings. The largest absolute Gasteiger partial charge is 0.373 e. The maximum absolute atomic E-state index is 12.4. The van der Waals surface area contributed by atoms with E-state index >= 15 is 0 Å². The zero-order valence-electron chi connectivity index (χ0n) is 14.9. The van der Waals surface area contributed by atoms with Crippen LogP contribution >= 0.6 is 0 Å². The average Bonchev–Trinajstić information content (AvgIpc) is 3.05. The van der Waals surface area contributed by atoms with Crippen molar-refractivity contribution in [3.8, 4) is 0 Å². The van der Waals surface area contributed by atoms with Gasteiger partial charge in [-0.2, -0.15) is 0 Å². The zero-order chi connectivity index (χ0) is 17.6. The standard InChI is InChI=1S/C19H25N5O/c1-23-10-4-6-17(23)14-24(2)16-7-9-21-18(11-16)19(25)22-13-15-5-3-8-20-12-15/h3,5,7-9,11-12,17H,4,6,10,13-14H2,1-2H3,(H,22,25)/t17-/m1/s1. The highest BCUT2D eigenvalue weighted by atomic mass is 16.1. The second-order valence-electron chi connectivity index (χ2n) is 6.60. The third-order valence-corrected chi connectivity index (χ3v) is 4.75. The number of carbonyl (C=O) groups is 1. The number of aromatic nitrogens is 2. The predicted octanol–water partition coefficient (Wildman–Crippen LogP) is 1.94. The number of amides is 1. The van der Waals surface area contributed by atoms with Crippen LogP contribution in [0.3, 0.4) is 0 Å². The fraction of sp³-hybridized carbons (Fsp3) is 0.421. The molecular weight excluding hydrogens is 314 g/mol. The van der Waals surface area contributed by atoms with Crippen LogP contribution in [0.2, 0.25) is 0 Å². The van der Waals surface area contributed by atoms with E-state index in [4.69, 9.17) is 0 Å². The molecule has 1 N–H and O–H groups in total. The van der Waals surface area contributed by atoms with Gasteiger partial charge in [0.2, 0.25) is 0 Å². The van der Waals surface area contributed by atoms with Crippen molar-refractivity contribution in [3.05, 3.63) is 54.1 Å². The molecule has 1 amide bonds. The normalized spacial score (nSPS) is 17.4. The second kappa shape index (κ2) is 8.07. The summed E-state index contributed by atoms with van der Waals surface area (Å²) in [6.07, 6.45) is 7.64. The molecule has 1 atom stereocenters. The first-order valence-corrected chi connectivity index (χ1v) is 8.68. The van der Waals surface area contributed by atoms with Gasteiger partial charge in [-0.25, -0.2) is 0 Å². The van der Waals surface area contributed by atoms with Crippen LogP contribution in [0.5, 0.6) is 0 Å². The molecule has 3 rings (SSSR count). The molecule has 0 bridgehead atoms. The summed E-state index contributed by atoms with van der Waals surface area (Å²) >= 11 is 0. The van der Waals surface area contributed by atoms with Gasteiger partial charge in [-0.1, -0.05) is 6.07 Å². The minimum Gasteiger partial charge on any atom is -0.373 e. The van der Waals surface area contributed by atoms with Crippen LogP contribution in [0, 0.1) is 0 Å². The minimum atomic E-state index is -0.169. The van der Waals surface area contributed by atoms with Gasteiger partial charge in [-0.05, 0) is 50.2 Å². The van der Waals surface area contributed by atoms with Gasteiger partial charge in [0.1, 0.15) is 5.69 Å². The number of rotatable bonds is 6. The Hall–Kier alpha value is -2.47. The number of nitrogens with zero attached hydrogens (tertiary/aromatic N) is 4. The van der Waals surface area contributed by atoms with Crippen LogP contribution in [-0.4, -0.2) is 54.0 Å². The fourth-order valence-corrected chi connectivity index (χ4v) is 3.19. The molecule has 0 unspecified atom stereocenters. The molecule has 0 aliphatic carbocycles. The van der Waals surface area contributed by atoms with Crippen LogP contribution in [0.15, 0.2) is 42.9 Å². The molecule has 0 spiro atoms. The van der Waals surface area contributed by atoms with Gasteiger partial charge in [-0.3, -0.25) is 14.8 Å². The van der Waals surface area contributed by atoms with E-state index in [1.165, 1.54) is 12.8 Å². The molecule has 1 saturated heterocycles. The third-order valence-electron chi connectivity index (χ3n) is 4.75. The highest BCUT2D eigenvalue weighted by Gasteiger charge is 2.22. The van der Waals surface area contributed by atoms with E-state index < -0.39 is 0 Å². The maximum atomic E-state index is 12.4. The monoisotopic (exact) mass is 339 g/mol. The van der Waals surface area contributed by atoms with Gasteiger partial charge < -0.3 is 15.1 Å². The Labute approximate surface area is 148 Å². The topological polar surface area (TPSA) is 61.4 Å². The first-order valence-electron chi connectivity index (χ1n) is 8.68. The Morgan fingerprint density at radius 2 is 2.28 bits per heavy atom. The number of hydrogen-bond acceptors (Lipinski definition) is 5. The van der Waals surface area contributed by atoms with Gasteiger partial charge in [0, 0.05) is 50.5 Å². The Morgan fingerprint density at radius 1 is 1.40 bits per heavy atom. The van der Waals surface area contributed by atoms with E-state index in [-0.39, 0.29) is 5.91 Å². The van der Waals surface area contributed by atoms with Gasteiger partial charge in [0.15, 0.2) is 0 Å². The Morgan fingerprint density at radius 3 is 3.00 bits per heavy atom. The average molecular weight is 339 g/mol. The number of anilines is 1. The lowest BCUT2D eigenvalue weighted by Crippen LogP contribution is -2.36. The SMILES string of the molecule is CN(C[C@H]1CCCN1C)c1ccnc(C(=O)NCc2cccnc2)c1. The summed E-state index contributed by atoms with van der Waals surface area (Å²) in [4.78, 5) is 25.2. The molecule has 25 heavy (non-hydrogen) atoms. The van der Waals surface area contributed by atoms with E-state index in [0.29, 0.717) is 18.3 Å². The van der Waals surface area contributed by atoms with Crippen molar-refractivity contribution in [1.82, 2.24) is 20.2 Å². The summed E-state index contributed by atoms with van der Waals surface area (Å²) in [5, 5.41) is 2.89.